The summed E-state index contributed by atoms with van der Waals surface area (Å²) in [5.74, 6) is 0.767. The van der Waals surface area contributed by atoms with Gasteiger partial charge in [0.1, 0.15) is 5.75 Å². The van der Waals surface area contributed by atoms with E-state index >= 15 is 0 Å². The van der Waals surface area contributed by atoms with Crippen LogP contribution < -0.4 is 10.0 Å². The topological polar surface area (TPSA) is 26.3 Å². The second kappa shape index (κ2) is 11.0. The summed E-state index contributed by atoms with van der Waals surface area (Å²) in [6.45, 7) is 4.82. The number of unbranched alkanes of at least 4 members (excludes halogenated alkanes) is 2. The molecule has 0 bridgehead atoms. The van der Waals surface area contributed by atoms with Gasteiger partial charge >= 0.3 is 18.9 Å². The zero-order valence-corrected chi connectivity index (χ0v) is 15.3. The number of benzene rings is 2. The van der Waals surface area contributed by atoms with Crippen molar-refractivity contribution in [3.05, 3.63) is 58.6 Å². The van der Waals surface area contributed by atoms with Gasteiger partial charge in [0.2, 0.25) is 0 Å². The quantitative estimate of drug-likeness (QED) is 0.389. The van der Waals surface area contributed by atoms with Crippen LogP contribution in [-0.4, -0.2) is 31.0 Å². The van der Waals surface area contributed by atoms with Gasteiger partial charge in [-0.3, -0.25) is 4.79 Å². The van der Waals surface area contributed by atoms with Gasteiger partial charge in [0.15, 0.2) is 5.52 Å². The van der Waals surface area contributed by atoms with E-state index in [0.717, 1.165) is 35.0 Å². The van der Waals surface area contributed by atoms with Crippen LogP contribution in [-0.2, 0) is 0 Å². The molecule has 0 radical (unpaired) electrons. The second-order valence-electron chi connectivity index (χ2n) is 5.47. The van der Waals surface area contributed by atoms with Crippen molar-refractivity contribution in [3.8, 4) is 5.75 Å². The molecule has 124 valence electrons. The predicted octanol–water partition coefficient (Wildman–Crippen LogP) is 4.71. The Morgan fingerprint density at radius 1 is 1.17 bits per heavy atom. The molecule has 2 aromatic rings. The van der Waals surface area contributed by atoms with Crippen LogP contribution in [0.15, 0.2) is 42.5 Å². The van der Waals surface area contributed by atoms with Gasteiger partial charge in [-0.25, -0.2) is 0 Å². The first kappa shape index (κ1) is 21.3. The molecular weight excluding hydrogens is 334 g/mol. The summed E-state index contributed by atoms with van der Waals surface area (Å²) in [6, 6.07) is 13.2. The third-order valence-corrected chi connectivity index (χ3v) is 5.27. The maximum absolute atomic E-state index is 12.4. The molecule has 0 aromatic heterocycles. The first-order chi connectivity index (χ1) is 11.1. The molecule has 24 heavy (non-hydrogen) atoms. The summed E-state index contributed by atoms with van der Waals surface area (Å²) in [5.41, 5.74) is 1.88. The number of carbonyl (C=O) groups excluding carboxylic acids is 1. The van der Waals surface area contributed by atoms with E-state index in [-0.39, 0.29) is 33.0 Å². The van der Waals surface area contributed by atoms with Crippen LogP contribution in [0.3, 0.4) is 0 Å². The Bertz CT molecular complexity index is 676. The summed E-state index contributed by atoms with van der Waals surface area (Å²) < 4.78 is 5.69. The average molecular weight is 357 g/mol. The molecular formula is C19H23ClLiO2P. The van der Waals surface area contributed by atoms with E-state index < -0.39 is 0 Å². The van der Waals surface area contributed by atoms with Crippen molar-refractivity contribution in [2.75, 3.05) is 6.61 Å². The second-order valence-corrected chi connectivity index (χ2v) is 7.12. The van der Waals surface area contributed by atoms with Crippen LogP contribution in [0.5, 0.6) is 5.75 Å². The normalized spacial score (nSPS) is 10.6. The van der Waals surface area contributed by atoms with Gasteiger partial charge in [0, 0.05) is 5.56 Å². The van der Waals surface area contributed by atoms with Crippen molar-refractivity contribution in [1.29, 1.82) is 0 Å². The summed E-state index contributed by atoms with van der Waals surface area (Å²) in [5, 5.41) is 1.46. The van der Waals surface area contributed by atoms with Crippen molar-refractivity contribution < 1.29 is 9.53 Å². The maximum atomic E-state index is 12.4. The summed E-state index contributed by atoms with van der Waals surface area (Å²) in [4.78, 5) is 12.4. The van der Waals surface area contributed by atoms with E-state index in [2.05, 4.69) is 6.92 Å². The molecule has 2 rings (SSSR count). The van der Waals surface area contributed by atoms with E-state index in [1.165, 1.54) is 6.42 Å². The zero-order valence-electron chi connectivity index (χ0n) is 13.6. The molecule has 0 heterocycles. The molecule has 0 saturated carbocycles. The Morgan fingerprint density at radius 2 is 1.92 bits per heavy atom. The van der Waals surface area contributed by atoms with Crippen LogP contribution >= 0.6 is 20.2 Å². The van der Waals surface area contributed by atoms with Gasteiger partial charge in [-0.2, -0.15) is 0 Å². The summed E-state index contributed by atoms with van der Waals surface area (Å²) in [6.07, 6.45) is 3.38. The zero-order chi connectivity index (χ0) is 16.7. The number of rotatable bonds is 8. The molecule has 2 aromatic carbocycles. The Morgan fingerprint density at radius 3 is 2.58 bits per heavy atom. The van der Waals surface area contributed by atoms with Crippen LogP contribution in [0.1, 0.15) is 42.1 Å². The Balaban J connectivity index is 0.00000288. The van der Waals surface area contributed by atoms with Crippen LogP contribution in [0.4, 0.5) is 0 Å². The molecule has 0 aliphatic heterocycles. The molecule has 1 atom stereocenters. The number of halogens is 1. The van der Waals surface area contributed by atoms with Gasteiger partial charge in [0.05, 0.1) is 11.6 Å². The molecule has 0 amide bonds. The Labute approximate surface area is 163 Å². The average Bonchev–Trinajstić information content (AvgIpc) is 2.54. The van der Waals surface area contributed by atoms with E-state index in [1.807, 2.05) is 43.3 Å². The predicted molar refractivity (Wildman–Crippen MR) is 107 cm³/mol. The minimum atomic E-state index is 0. The van der Waals surface area contributed by atoms with Crippen molar-refractivity contribution in [1.82, 2.24) is 0 Å². The molecule has 1 unspecified atom stereocenters. The molecule has 0 aliphatic rings. The molecule has 0 saturated heterocycles. The fourth-order valence-electron chi connectivity index (χ4n) is 2.25. The molecule has 0 aliphatic carbocycles. The van der Waals surface area contributed by atoms with Crippen LogP contribution in [0.2, 0.25) is 5.02 Å². The van der Waals surface area contributed by atoms with Crippen molar-refractivity contribution in [2.45, 2.75) is 33.1 Å². The molecule has 5 heteroatoms. The van der Waals surface area contributed by atoms with Crippen LogP contribution in [0.25, 0.3) is 0 Å². The van der Waals surface area contributed by atoms with E-state index in [4.69, 9.17) is 16.3 Å². The Hall–Kier alpha value is -0.773. The van der Waals surface area contributed by atoms with Gasteiger partial charge in [-0.05, 0) is 51.0 Å². The van der Waals surface area contributed by atoms with Gasteiger partial charge in [-0.15, -0.1) is 0 Å². The van der Waals surface area contributed by atoms with Gasteiger partial charge in [-0.1, -0.05) is 55.6 Å². The van der Waals surface area contributed by atoms with E-state index in [0.29, 0.717) is 11.6 Å². The van der Waals surface area contributed by atoms with E-state index in [1.54, 1.807) is 6.07 Å². The molecule has 0 fully saturated rings. The third kappa shape index (κ3) is 6.27. The molecule has 0 N–H and O–H groups in total. The fourth-order valence-corrected chi connectivity index (χ4v) is 3.58. The number of hydrogen-bond donors (Lipinski definition) is 0. The first-order valence-electron chi connectivity index (χ1n) is 7.91. The first-order valence-corrected chi connectivity index (χ1v) is 9.29. The van der Waals surface area contributed by atoms with Crippen LogP contribution in [0, 0.1) is 6.92 Å². The number of aryl methyl sites for hydroxylation is 1. The van der Waals surface area contributed by atoms with Crippen molar-refractivity contribution >= 4 is 49.9 Å². The SMILES string of the molecule is CCCCCOc1ccc(PC(=O)c2ccccc2C)c(Cl)c1.[LiH]. The van der Waals surface area contributed by atoms with Crippen molar-refractivity contribution in [2.24, 2.45) is 0 Å². The third-order valence-electron chi connectivity index (χ3n) is 3.60. The van der Waals surface area contributed by atoms with Gasteiger partial charge in [0.25, 0.3) is 0 Å². The molecule has 0 spiro atoms. The number of hydrogen-bond acceptors (Lipinski definition) is 2. The summed E-state index contributed by atoms with van der Waals surface area (Å²) >= 11 is 6.32. The minimum absolute atomic E-state index is 0. The van der Waals surface area contributed by atoms with Gasteiger partial charge < -0.3 is 4.74 Å². The Kier molecular flexibility index (Phi) is 9.72. The standard InChI is InChI=1S/C19H22ClO2P.Li.H/c1-3-4-7-12-22-15-10-11-18(17(20)13-15)23-19(21)16-9-6-5-8-14(16)2;;/h5-6,8-11,13,23H,3-4,7,12H2,1-2H3;;. The number of carbonyl (C=O) groups is 1. The van der Waals surface area contributed by atoms with E-state index in [9.17, 15) is 4.79 Å². The summed E-state index contributed by atoms with van der Waals surface area (Å²) in [7, 11) is 0.0232. The fraction of sp³-hybridized carbons (Fsp3) is 0.316. The molecule has 2 nitrogen and oxygen atoms in total. The monoisotopic (exact) mass is 356 g/mol. The number of ether oxygens (including phenoxy) is 1. The van der Waals surface area contributed by atoms with Crippen molar-refractivity contribution in [3.63, 3.8) is 0 Å².